The van der Waals surface area contributed by atoms with Crippen molar-refractivity contribution in [3.05, 3.63) is 0 Å². The van der Waals surface area contributed by atoms with Crippen molar-refractivity contribution in [3.8, 4) is 0 Å². The van der Waals surface area contributed by atoms with Crippen LogP contribution in [-0.2, 0) is 25.9 Å². The molecule has 0 aromatic carbocycles. The van der Waals surface area contributed by atoms with Crippen LogP contribution in [-0.4, -0.2) is 11.6 Å². The van der Waals surface area contributed by atoms with E-state index in [0.29, 0.717) is 6.47 Å². The molecule has 0 amide bonds. The summed E-state index contributed by atoms with van der Waals surface area (Å²) in [6.45, 7) is 0.500. The summed E-state index contributed by atoms with van der Waals surface area (Å²) in [5.41, 5.74) is 0. The molecule has 4 heavy (non-hydrogen) atoms. The number of hydrogen-bond acceptors (Lipinski definition) is 1. The van der Waals surface area contributed by atoms with Crippen molar-refractivity contribution in [1.29, 1.82) is 0 Å². The summed E-state index contributed by atoms with van der Waals surface area (Å²) >= 11 is 0. The van der Waals surface area contributed by atoms with Crippen LogP contribution < -0.4 is 0 Å². The third-order valence-electron chi connectivity index (χ3n) is 0. The second-order valence-corrected chi connectivity index (χ2v) is 0.0913. The standard InChI is InChI=1S/CHO2.W/c2-1-3;/h(H,2,3);. The van der Waals surface area contributed by atoms with E-state index in [4.69, 9.17) is 9.90 Å². The van der Waals surface area contributed by atoms with Crippen LogP contribution in [0.2, 0.25) is 0 Å². The average Bonchev–Trinajstić information content (AvgIpc) is 0.918. The van der Waals surface area contributed by atoms with Gasteiger partial charge in [-0.05, 0) is 0 Å². The van der Waals surface area contributed by atoms with Gasteiger partial charge >= 0.3 is 6.47 Å². The Balaban J connectivity index is 0. The molecule has 0 aliphatic carbocycles. The molecule has 0 aromatic heterocycles. The average molecular weight is 229 g/mol. The molecule has 1 N–H and O–H groups in total. The van der Waals surface area contributed by atoms with Gasteiger partial charge in [0, 0.05) is 21.1 Å². The van der Waals surface area contributed by atoms with Crippen molar-refractivity contribution in [2.24, 2.45) is 0 Å². The minimum atomic E-state index is 0. The molecular weight excluding hydrogens is 228 g/mol. The quantitative estimate of drug-likeness (QED) is 0.614. The van der Waals surface area contributed by atoms with E-state index in [0.717, 1.165) is 0 Å². The maximum atomic E-state index is 8.24. The summed E-state index contributed by atoms with van der Waals surface area (Å²) in [4.78, 5) is 8.24. The van der Waals surface area contributed by atoms with Gasteiger partial charge in [0.2, 0.25) is 0 Å². The zero-order valence-electron chi connectivity index (χ0n) is 1.76. The largest absolute Gasteiger partial charge is 0.473 e. The SMILES string of the molecule is O=[C]O.[W]. The zero-order valence-corrected chi connectivity index (χ0v) is 4.70. The van der Waals surface area contributed by atoms with Crippen LogP contribution in [0.15, 0.2) is 0 Å². The topological polar surface area (TPSA) is 37.3 Å². The molecule has 0 saturated carbocycles. The number of hydrogen-bond donors (Lipinski definition) is 1. The van der Waals surface area contributed by atoms with Gasteiger partial charge in [-0.1, -0.05) is 0 Å². The molecule has 0 spiro atoms. The van der Waals surface area contributed by atoms with Crippen molar-refractivity contribution in [3.63, 3.8) is 0 Å². The number of rotatable bonds is 0. The predicted molar refractivity (Wildman–Crippen MR) is 8.32 cm³/mol. The Kier molecular flexibility index (Phi) is 24.4. The first kappa shape index (κ1) is 8.90. The van der Waals surface area contributed by atoms with Gasteiger partial charge in [0.25, 0.3) is 0 Å². The molecule has 0 atom stereocenters. The minimum Gasteiger partial charge on any atom is -0.473 e. The third-order valence-corrected chi connectivity index (χ3v) is 0. The van der Waals surface area contributed by atoms with Crippen LogP contribution in [0.4, 0.5) is 0 Å². The van der Waals surface area contributed by atoms with Gasteiger partial charge in [0.05, 0.1) is 0 Å². The van der Waals surface area contributed by atoms with E-state index in [2.05, 4.69) is 0 Å². The van der Waals surface area contributed by atoms with Gasteiger partial charge in [0.1, 0.15) is 0 Å². The molecular formula is CHO2W. The van der Waals surface area contributed by atoms with E-state index < -0.39 is 0 Å². The molecule has 0 heterocycles. The van der Waals surface area contributed by atoms with Crippen LogP contribution in [0.5, 0.6) is 0 Å². The van der Waals surface area contributed by atoms with Gasteiger partial charge in [-0.25, -0.2) is 4.79 Å². The molecule has 0 unspecified atom stereocenters. The first-order valence-electron chi connectivity index (χ1n) is 0.428. The second kappa shape index (κ2) is 11.0. The maximum absolute atomic E-state index is 8.24. The van der Waals surface area contributed by atoms with Gasteiger partial charge in [-0.2, -0.15) is 0 Å². The first-order chi connectivity index (χ1) is 1.41. The Labute approximate surface area is 38.1 Å². The summed E-state index contributed by atoms with van der Waals surface area (Å²) in [6, 6.07) is 0. The van der Waals surface area contributed by atoms with Crippen LogP contribution in [0.1, 0.15) is 0 Å². The molecule has 23 valence electrons. The minimum absolute atomic E-state index is 0. The smallest absolute Gasteiger partial charge is 0.414 e. The predicted octanol–water partition coefficient (Wildman–Crippen LogP) is -0.391. The van der Waals surface area contributed by atoms with Crippen molar-refractivity contribution in [1.82, 2.24) is 0 Å². The first-order valence-corrected chi connectivity index (χ1v) is 0.428. The molecule has 1 radical (unpaired) electrons. The Hall–Kier alpha value is 0.158. The normalized spacial score (nSPS) is 3.00. The monoisotopic (exact) mass is 229 g/mol. The summed E-state index contributed by atoms with van der Waals surface area (Å²) in [6.07, 6.45) is 0. The fourth-order valence-corrected chi connectivity index (χ4v) is 0. The van der Waals surface area contributed by atoms with Crippen LogP contribution in [0.25, 0.3) is 0 Å². The van der Waals surface area contributed by atoms with Crippen molar-refractivity contribution in [2.45, 2.75) is 0 Å². The van der Waals surface area contributed by atoms with Gasteiger partial charge in [-0.15, -0.1) is 0 Å². The van der Waals surface area contributed by atoms with E-state index in [1.165, 1.54) is 0 Å². The maximum Gasteiger partial charge on any atom is 0.414 e. The number of aliphatic hydroxyl groups excluding tert-OH is 1. The molecule has 0 rings (SSSR count). The Bertz CT molecular complexity index is 13.5. The summed E-state index contributed by atoms with van der Waals surface area (Å²) < 4.78 is 0. The van der Waals surface area contributed by atoms with E-state index in [-0.39, 0.29) is 21.1 Å². The Morgan fingerprint density at radius 2 is 1.75 bits per heavy atom. The molecule has 0 aromatic rings. The van der Waals surface area contributed by atoms with Crippen LogP contribution in [0.3, 0.4) is 0 Å². The van der Waals surface area contributed by atoms with E-state index in [1.807, 2.05) is 0 Å². The van der Waals surface area contributed by atoms with Gasteiger partial charge in [0.15, 0.2) is 0 Å². The Morgan fingerprint density at radius 1 is 1.75 bits per heavy atom. The zero-order chi connectivity index (χ0) is 2.71. The third kappa shape index (κ3) is 116. The molecule has 3 heteroatoms. The van der Waals surface area contributed by atoms with E-state index >= 15 is 0 Å². The van der Waals surface area contributed by atoms with E-state index in [1.54, 1.807) is 0 Å². The molecule has 0 bridgehead atoms. The molecule has 0 fully saturated rings. The van der Waals surface area contributed by atoms with Crippen molar-refractivity contribution in [2.75, 3.05) is 0 Å². The van der Waals surface area contributed by atoms with Gasteiger partial charge in [-0.3, -0.25) is 0 Å². The van der Waals surface area contributed by atoms with Crippen LogP contribution in [0, 0.1) is 0 Å². The molecule has 2 nitrogen and oxygen atoms in total. The van der Waals surface area contributed by atoms with Crippen molar-refractivity contribution < 1.29 is 31.0 Å². The van der Waals surface area contributed by atoms with Gasteiger partial charge < -0.3 is 5.11 Å². The van der Waals surface area contributed by atoms with E-state index in [9.17, 15) is 0 Å². The van der Waals surface area contributed by atoms with Crippen LogP contribution >= 0.6 is 0 Å². The summed E-state index contributed by atoms with van der Waals surface area (Å²) in [5, 5.41) is 6.76. The Morgan fingerprint density at radius 3 is 1.75 bits per heavy atom. The molecule has 0 aliphatic rings. The summed E-state index contributed by atoms with van der Waals surface area (Å²) in [7, 11) is 0. The fraction of sp³-hybridized carbons (Fsp3) is 0. The van der Waals surface area contributed by atoms with Crippen molar-refractivity contribution >= 4 is 6.47 Å². The molecule has 0 saturated heterocycles. The second-order valence-electron chi connectivity index (χ2n) is 0.0913. The molecule has 0 aliphatic heterocycles. The summed E-state index contributed by atoms with van der Waals surface area (Å²) in [5.74, 6) is 0. The fourth-order valence-electron chi connectivity index (χ4n) is 0.